The average Bonchev–Trinajstić information content (AvgIpc) is 3.27. The number of aliphatic imine (C=N–C) groups is 1. The molecule has 0 saturated heterocycles. The molecule has 3 heterocycles. The maximum atomic E-state index is 14.4. The first-order valence-corrected chi connectivity index (χ1v) is 10.5. The molecule has 1 aliphatic heterocycles. The van der Waals surface area contributed by atoms with E-state index in [4.69, 9.17) is 34.2 Å². The Bertz CT molecular complexity index is 1410. The molecule has 180 valence electrons. The summed E-state index contributed by atoms with van der Waals surface area (Å²) < 4.78 is 57.1. The Kier molecular flexibility index (Phi) is 6.16. The number of carbonyl (C=O) groups is 1. The average molecular weight is 526 g/mol. The van der Waals surface area contributed by atoms with Crippen LogP contribution in [0.15, 0.2) is 41.7 Å². The molecule has 4 rings (SSSR count). The van der Waals surface area contributed by atoms with E-state index in [9.17, 15) is 22.4 Å². The van der Waals surface area contributed by atoms with E-state index in [-0.39, 0.29) is 33.7 Å². The van der Waals surface area contributed by atoms with Crippen LogP contribution in [0.3, 0.4) is 0 Å². The van der Waals surface area contributed by atoms with Crippen molar-refractivity contribution in [1.82, 2.24) is 14.5 Å². The van der Waals surface area contributed by atoms with Crippen LogP contribution in [-0.4, -0.2) is 33.0 Å². The number of nitrogens with one attached hydrogen (secondary N) is 1. The van der Waals surface area contributed by atoms with Gasteiger partial charge in [0.1, 0.15) is 24.0 Å². The van der Waals surface area contributed by atoms with Gasteiger partial charge in [-0.2, -0.15) is 18.4 Å². The number of alkyl halides is 4. The molecule has 0 radical (unpaired) electrons. The number of anilines is 1. The first kappa shape index (κ1) is 24.4. The Hall–Kier alpha value is -3.69. The number of nitrogens with two attached hydrogens (primary N) is 1. The Morgan fingerprint density at radius 1 is 1.29 bits per heavy atom. The summed E-state index contributed by atoms with van der Waals surface area (Å²) >= 11 is 11.8. The molecule has 1 aromatic carbocycles. The zero-order chi connectivity index (χ0) is 25.5. The van der Waals surface area contributed by atoms with Crippen molar-refractivity contribution >= 4 is 40.6 Å². The molecular weight excluding hydrogens is 513 g/mol. The topological polar surface area (TPSA) is 122 Å². The summed E-state index contributed by atoms with van der Waals surface area (Å²) in [5.41, 5.74) is 1.53. The number of nitrogens with zero attached hydrogens (tertiary/aromatic N) is 5. The fourth-order valence-electron chi connectivity index (χ4n) is 3.64. The third kappa shape index (κ3) is 4.40. The van der Waals surface area contributed by atoms with Crippen LogP contribution in [-0.2, 0) is 18.3 Å². The summed E-state index contributed by atoms with van der Waals surface area (Å²) in [4.78, 5) is 24.7. The molecule has 0 saturated carbocycles. The van der Waals surface area contributed by atoms with Crippen LogP contribution in [0.5, 0.6) is 0 Å². The summed E-state index contributed by atoms with van der Waals surface area (Å²) in [7, 11) is 0. The number of amides is 1. The molecule has 14 heteroatoms. The summed E-state index contributed by atoms with van der Waals surface area (Å²) in [5.74, 6) is -0.930. The molecule has 3 aromatic rings. The zero-order valence-corrected chi connectivity index (χ0v) is 18.9. The number of hydrogen-bond donors (Lipinski definition) is 2. The number of rotatable bonds is 4. The van der Waals surface area contributed by atoms with Gasteiger partial charge in [-0.15, -0.1) is 0 Å². The predicted molar refractivity (Wildman–Crippen MR) is 119 cm³/mol. The Morgan fingerprint density at radius 2 is 2.03 bits per heavy atom. The highest BCUT2D eigenvalue weighted by atomic mass is 35.5. The van der Waals surface area contributed by atoms with Crippen LogP contribution in [0.2, 0.25) is 10.0 Å². The van der Waals surface area contributed by atoms with E-state index in [2.05, 4.69) is 20.3 Å². The van der Waals surface area contributed by atoms with Crippen molar-refractivity contribution in [1.29, 1.82) is 5.26 Å². The highest BCUT2D eigenvalue weighted by Gasteiger charge is 2.40. The third-order valence-electron chi connectivity index (χ3n) is 5.29. The normalized spacial score (nSPS) is 17.3. The van der Waals surface area contributed by atoms with Gasteiger partial charge in [-0.25, -0.2) is 19.4 Å². The molecule has 1 aliphatic rings. The molecule has 3 N–H and O–H groups in total. The number of hydrogen-bond acceptors (Lipinski definition) is 6. The van der Waals surface area contributed by atoms with E-state index in [1.165, 1.54) is 17.0 Å². The Balaban J connectivity index is 1.80. The van der Waals surface area contributed by atoms with Gasteiger partial charge in [0.15, 0.2) is 17.4 Å². The summed E-state index contributed by atoms with van der Waals surface area (Å²) in [6.07, 6.45) is -1.90. The maximum Gasteiger partial charge on any atom is 0.418 e. The van der Waals surface area contributed by atoms with E-state index in [0.717, 1.165) is 18.2 Å². The first-order valence-electron chi connectivity index (χ1n) is 9.71. The monoisotopic (exact) mass is 525 g/mol. The summed E-state index contributed by atoms with van der Waals surface area (Å²) in [6, 6.07) is 5.47. The minimum absolute atomic E-state index is 0.0264. The lowest BCUT2D eigenvalue weighted by Crippen LogP contribution is -2.40. The third-order valence-corrected chi connectivity index (χ3v) is 5.87. The molecule has 8 nitrogen and oxygen atoms in total. The van der Waals surface area contributed by atoms with Crippen LogP contribution in [0.1, 0.15) is 33.1 Å². The number of fused-ring (bicyclic) bond motifs is 1. The van der Waals surface area contributed by atoms with Crippen molar-refractivity contribution in [3.05, 3.63) is 75.0 Å². The molecule has 2 aromatic heterocycles. The fourth-order valence-corrected chi connectivity index (χ4v) is 4.13. The molecule has 0 bridgehead atoms. The number of carbonyl (C=O) groups excluding carboxylic acids is 1. The van der Waals surface area contributed by atoms with Gasteiger partial charge in [-0.3, -0.25) is 4.79 Å². The first-order chi connectivity index (χ1) is 16.5. The second-order valence-electron chi connectivity index (χ2n) is 7.51. The molecular formula is C21H13Cl2F4N7O. The summed E-state index contributed by atoms with van der Waals surface area (Å²) in [5, 5.41) is 10.8. The van der Waals surface area contributed by atoms with Crippen molar-refractivity contribution in [3.8, 4) is 6.07 Å². The zero-order valence-electron chi connectivity index (χ0n) is 17.4. The SMILES string of the molecule is N#Cc1nc(C(=O)Nc2cc(C3(CF)Cn4ccnc4C(N)=N3)ccc2C(F)(F)F)c(Cl)cc1Cl. The smallest absolute Gasteiger partial charge is 0.381 e. The van der Waals surface area contributed by atoms with Gasteiger partial charge in [0.2, 0.25) is 0 Å². The van der Waals surface area contributed by atoms with E-state index >= 15 is 0 Å². The van der Waals surface area contributed by atoms with Crippen molar-refractivity contribution in [2.24, 2.45) is 10.7 Å². The lowest BCUT2D eigenvalue weighted by atomic mass is 9.89. The molecule has 0 fully saturated rings. The quantitative estimate of drug-likeness (QED) is 0.491. The number of imidazole rings is 1. The Labute approximate surface area is 205 Å². The predicted octanol–water partition coefficient (Wildman–Crippen LogP) is 4.31. The van der Waals surface area contributed by atoms with Gasteiger partial charge in [-0.1, -0.05) is 29.3 Å². The van der Waals surface area contributed by atoms with Crippen molar-refractivity contribution in [2.45, 2.75) is 18.3 Å². The van der Waals surface area contributed by atoms with Crippen molar-refractivity contribution in [2.75, 3.05) is 12.0 Å². The number of amidine groups is 1. The van der Waals surface area contributed by atoms with Gasteiger partial charge in [0, 0.05) is 12.4 Å². The van der Waals surface area contributed by atoms with Crippen LogP contribution >= 0.6 is 23.2 Å². The lowest BCUT2D eigenvalue weighted by molar-refractivity contribution is -0.136. The fraction of sp³-hybridized carbons (Fsp3) is 0.190. The van der Waals surface area contributed by atoms with Crippen LogP contribution in [0.25, 0.3) is 0 Å². The van der Waals surface area contributed by atoms with Gasteiger partial charge in [0.25, 0.3) is 5.91 Å². The van der Waals surface area contributed by atoms with E-state index < -0.39 is 41.2 Å². The molecule has 0 aliphatic carbocycles. The molecule has 0 spiro atoms. The van der Waals surface area contributed by atoms with Crippen LogP contribution < -0.4 is 11.1 Å². The van der Waals surface area contributed by atoms with Crippen molar-refractivity contribution in [3.63, 3.8) is 0 Å². The maximum absolute atomic E-state index is 14.4. The van der Waals surface area contributed by atoms with E-state index in [1.54, 1.807) is 6.07 Å². The van der Waals surface area contributed by atoms with Gasteiger partial charge >= 0.3 is 6.18 Å². The minimum atomic E-state index is -4.87. The van der Waals surface area contributed by atoms with Gasteiger partial charge in [0.05, 0.1) is 27.8 Å². The van der Waals surface area contributed by atoms with Crippen LogP contribution in [0, 0.1) is 11.3 Å². The largest absolute Gasteiger partial charge is 0.418 e. The molecule has 1 atom stereocenters. The lowest BCUT2D eigenvalue weighted by Gasteiger charge is -2.33. The molecule has 35 heavy (non-hydrogen) atoms. The molecule has 1 amide bonds. The number of pyridine rings is 1. The number of halogens is 6. The summed E-state index contributed by atoms with van der Waals surface area (Å²) in [6.45, 7) is -1.19. The Morgan fingerprint density at radius 3 is 2.69 bits per heavy atom. The number of aromatic nitrogens is 3. The van der Waals surface area contributed by atoms with E-state index in [1.807, 2.05) is 0 Å². The van der Waals surface area contributed by atoms with Gasteiger partial charge < -0.3 is 15.6 Å². The molecule has 1 unspecified atom stereocenters. The number of nitriles is 1. The van der Waals surface area contributed by atoms with Crippen LogP contribution in [0.4, 0.5) is 23.2 Å². The highest BCUT2D eigenvalue weighted by molar-refractivity contribution is 6.37. The second-order valence-corrected chi connectivity index (χ2v) is 8.33. The number of benzene rings is 1. The minimum Gasteiger partial charge on any atom is -0.381 e. The highest BCUT2D eigenvalue weighted by Crippen LogP contribution is 2.40. The van der Waals surface area contributed by atoms with E-state index in [0.29, 0.717) is 11.9 Å². The van der Waals surface area contributed by atoms with Crippen molar-refractivity contribution < 1.29 is 22.4 Å². The van der Waals surface area contributed by atoms with Gasteiger partial charge in [-0.05, 0) is 23.8 Å². The standard InChI is InChI=1S/C21H13Cl2F4N7O/c22-12-6-13(23)16(31-15(12)7-28)19(35)32-14-5-10(1-2-11(14)21(25,26)27)20(8-24)9-34-4-3-30-18(34)17(29)33-20/h1-6H,8-9H2,(H2,29,33)(H,32,35). The second kappa shape index (κ2) is 8.83.